The zero-order chi connectivity index (χ0) is 11.2. The maximum Gasteiger partial charge on any atom is 0.240 e. The molecule has 0 amide bonds. The van der Waals surface area contributed by atoms with Gasteiger partial charge >= 0.3 is 0 Å². The first kappa shape index (κ1) is 10.2. The minimum atomic E-state index is -3.66. The maximum absolute atomic E-state index is 11.4. The molecule has 0 saturated carbocycles. The van der Waals surface area contributed by atoms with Crippen molar-refractivity contribution in [1.82, 2.24) is 4.57 Å². The van der Waals surface area contributed by atoms with E-state index in [2.05, 4.69) is 0 Å². The number of aromatic nitrogens is 1. The standard InChI is InChI=1S/C10H12N2O2S/c1-7-6-12(2)10-8(7)4-3-5-9(10)15(11,13)14/h3-6H,1-2H3,(H2,11,13,14). The van der Waals surface area contributed by atoms with Crippen LogP contribution in [0.15, 0.2) is 29.3 Å². The lowest BCUT2D eigenvalue weighted by Crippen LogP contribution is -2.13. The molecule has 0 spiro atoms. The Balaban J connectivity index is 3.00. The molecule has 2 aromatic rings. The fourth-order valence-electron chi connectivity index (χ4n) is 1.86. The lowest BCUT2D eigenvalue weighted by Gasteiger charge is -2.03. The first-order valence-corrected chi connectivity index (χ1v) is 6.03. The number of nitrogens with zero attached hydrogens (tertiary/aromatic N) is 1. The van der Waals surface area contributed by atoms with Gasteiger partial charge in [-0.05, 0) is 18.6 Å². The molecule has 5 heteroatoms. The van der Waals surface area contributed by atoms with Gasteiger partial charge in [-0.2, -0.15) is 0 Å². The molecule has 0 aliphatic carbocycles. The molecule has 15 heavy (non-hydrogen) atoms. The van der Waals surface area contributed by atoms with Gasteiger partial charge in [-0.1, -0.05) is 12.1 Å². The van der Waals surface area contributed by atoms with Crippen molar-refractivity contribution in [3.8, 4) is 0 Å². The van der Waals surface area contributed by atoms with Gasteiger partial charge < -0.3 is 4.57 Å². The van der Waals surface area contributed by atoms with E-state index in [0.717, 1.165) is 10.9 Å². The Labute approximate surface area is 88.4 Å². The van der Waals surface area contributed by atoms with Gasteiger partial charge in [0, 0.05) is 18.6 Å². The Morgan fingerprint density at radius 3 is 2.60 bits per heavy atom. The van der Waals surface area contributed by atoms with Crippen molar-refractivity contribution in [2.45, 2.75) is 11.8 Å². The molecule has 0 aliphatic rings. The molecule has 0 aliphatic heterocycles. The van der Waals surface area contributed by atoms with Crippen LogP contribution in [-0.2, 0) is 17.1 Å². The minimum Gasteiger partial charge on any atom is -0.349 e. The van der Waals surface area contributed by atoms with Crippen molar-refractivity contribution in [1.29, 1.82) is 0 Å². The third-order valence-corrected chi connectivity index (χ3v) is 3.41. The summed E-state index contributed by atoms with van der Waals surface area (Å²) >= 11 is 0. The molecular weight excluding hydrogens is 212 g/mol. The average molecular weight is 224 g/mol. The zero-order valence-electron chi connectivity index (χ0n) is 8.56. The second kappa shape index (κ2) is 3.08. The van der Waals surface area contributed by atoms with Gasteiger partial charge in [-0.15, -0.1) is 0 Å². The highest BCUT2D eigenvalue weighted by atomic mass is 32.2. The topological polar surface area (TPSA) is 65.1 Å². The Hall–Kier alpha value is -1.33. The van der Waals surface area contributed by atoms with Crippen LogP contribution in [0.1, 0.15) is 5.56 Å². The van der Waals surface area contributed by atoms with Crippen molar-refractivity contribution >= 4 is 20.9 Å². The predicted octanol–water partition coefficient (Wildman–Crippen LogP) is 1.13. The summed E-state index contributed by atoms with van der Waals surface area (Å²) in [5.41, 5.74) is 1.70. The van der Waals surface area contributed by atoms with E-state index in [4.69, 9.17) is 5.14 Å². The first-order valence-electron chi connectivity index (χ1n) is 4.48. The van der Waals surface area contributed by atoms with Gasteiger partial charge in [0.25, 0.3) is 0 Å². The highest BCUT2D eigenvalue weighted by Gasteiger charge is 2.15. The molecule has 0 bridgehead atoms. The molecule has 1 aromatic carbocycles. The van der Waals surface area contributed by atoms with Crippen LogP contribution in [0.2, 0.25) is 0 Å². The van der Waals surface area contributed by atoms with E-state index in [9.17, 15) is 8.42 Å². The summed E-state index contributed by atoms with van der Waals surface area (Å²) in [6, 6.07) is 5.12. The Kier molecular flexibility index (Phi) is 2.09. The van der Waals surface area contributed by atoms with E-state index in [1.54, 1.807) is 10.6 Å². The van der Waals surface area contributed by atoms with Crippen LogP contribution in [0.5, 0.6) is 0 Å². The minimum absolute atomic E-state index is 0.176. The molecular formula is C10H12N2O2S. The van der Waals surface area contributed by atoms with Crippen molar-refractivity contribution in [3.05, 3.63) is 30.0 Å². The first-order chi connectivity index (χ1) is 6.91. The number of benzene rings is 1. The highest BCUT2D eigenvalue weighted by Crippen LogP contribution is 2.25. The third-order valence-electron chi connectivity index (χ3n) is 2.47. The molecule has 80 valence electrons. The van der Waals surface area contributed by atoms with Gasteiger partial charge in [0.2, 0.25) is 10.0 Å². The number of hydrogen-bond donors (Lipinski definition) is 1. The summed E-state index contributed by atoms with van der Waals surface area (Å²) in [5, 5.41) is 6.08. The van der Waals surface area contributed by atoms with Crippen LogP contribution in [-0.4, -0.2) is 13.0 Å². The molecule has 2 rings (SSSR count). The van der Waals surface area contributed by atoms with Gasteiger partial charge in [-0.25, -0.2) is 13.6 Å². The van der Waals surface area contributed by atoms with Crippen LogP contribution in [0.4, 0.5) is 0 Å². The van der Waals surface area contributed by atoms with Gasteiger partial charge in [0.15, 0.2) is 0 Å². The van der Waals surface area contributed by atoms with E-state index >= 15 is 0 Å². The van der Waals surface area contributed by atoms with E-state index in [0.29, 0.717) is 5.52 Å². The van der Waals surface area contributed by atoms with Crippen molar-refractivity contribution < 1.29 is 8.42 Å². The summed E-state index contributed by atoms with van der Waals surface area (Å²) in [5.74, 6) is 0. The number of aryl methyl sites for hydroxylation is 2. The van der Waals surface area contributed by atoms with Crippen LogP contribution in [0.25, 0.3) is 10.9 Å². The molecule has 2 N–H and O–H groups in total. The van der Waals surface area contributed by atoms with Gasteiger partial charge in [0.05, 0.1) is 5.52 Å². The molecule has 0 unspecified atom stereocenters. The monoisotopic (exact) mass is 224 g/mol. The number of rotatable bonds is 1. The second-order valence-electron chi connectivity index (χ2n) is 3.62. The summed E-state index contributed by atoms with van der Waals surface area (Å²) in [4.78, 5) is 0.176. The number of hydrogen-bond acceptors (Lipinski definition) is 2. The summed E-state index contributed by atoms with van der Waals surface area (Å²) in [7, 11) is -1.85. The molecule has 4 nitrogen and oxygen atoms in total. The summed E-state index contributed by atoms with van der Waals surface area (Å²) in [6.07, 6.45) is 1.89. The summed E-state index contributed by atoms with van der Waals surface area (Å²) in [6.45, 7) is 1.94. The normalized spacial score (nSPS) is 12.2. The SMILES string of the molecule is Cc1cn(C)c2c(S(N)(=O)=O)cccc12. The van der Waals surface area contributed by atoms with Crippen LogP contribution < -0.4 is 5.14 Å². The molecule has 0 saturated heterocycles. The molecule has 0 radical (unpaired) electrons. The van der Waals surface area contributed by atoms with E-state index in [-0.39, 0.29) is 4.90 Å². The fraction of sp³-hybridized carbons (Fsp3) is 0.200. The van der Waals surface area contributed by atoms with Crippen LogP contribution >= 0.6 is 0 Å². The van der Waals surface area contributed by atoms with Crippen molar-refractivity contribution in [2.75, 3.05) is 0 Å². The Morgan fingerprint density at radius 1 is 1.33 bits per heavy atom. The smallest absolute Gasteiger partial charge is 0.240 e. The van der Waals surface area contributed by atoms with Crippen molar-refractivity contribution in [2.24, 2.45) is 12.2 Å². The van der Waals surface area contributed by atoms with E-state index < -0.39 is 10.0 Å². The molecule has 1 heterocycles. The highest BCUT2D eigenvalue weighted by molar-refractivity contribution is 7.89. The number of para-hydroxylation sites is 1. The van der Waals surface area contributed by atoms with Gasteiger partial charge in [0.1, 0.15) is 4.90 Å². The number of sulfonamides is 1. The van der Waals surface area contributed by atoms with E-state index in [1.165, 1.54) is 6.07 Å². The number of primary sulfonamides is 1. The lowest BCUT2D eigenvalue weighted by molar-refractivity contribution is 0.598. The number of fused-ring (bicyclic) bond motifs is 1. The molecule has 0 fully saturated rings. The Morgan fingerprint density at radius 2 is 2.00 bits per heavy atom. The second-order valence-corrected chi connectivity index (χ2v) is 5.15. The quantitative estimate of drug-likeness (QED) is 0.789. The summed E-state index contributed by atoms with van der Waals surface area (Å²) < 4.78 is 24.5. The average Bonchev–Trinajstić information content (AvgIpc) is 2.41. The lowest BCUT2D eigenvalue weighted by atomic mass is 10.2. The molecule has 1 aromatic heterocycles. The zero-order valence-corrected chi connectivity index (χ0v) is 9.38. The molecule has 0 atom stereocenters. The predicted molar refractivity (Wildman–Crippen MR) is 59.0 cm³/mol. The fourth-order valence-corrected chi connectivity index (χ4v) is 2.65. The van der Waals surface area contributed by atoms with E-state index in [1.807, 2.05) is 26.2 Å². The maximum atomic E-state index is 11.4. The van der Waals surface area contributed by atoms with Gasteiger partial charge in [-0.3, -0.25) is 0 Å². The van der Waals surface area contributed by atoms with Crippen LogP contribution in [0.3, 0.4) is 0 Å². The van der Waals surface area contributed by atoms with Crippen molar-refractivity contribution in [3.63, 3.8) is 0 Å². The Bertz CT molecular complexity index is 626. The largest absolute Gasteiger partial charge is 0.349 e. The van der Waals surface area contributed by atoms with Crippen LogP contribution in [0, 0.1) is 6.92 Å². The number of nitrogens with two attached hydrogens (primary N) is 1. The third kappa shape index (κ3) is 1.53.